The Morgan fingerprint density at radius 3 is 2.70 bits per heavy atom. The van der Waals surface area contributed by atoms with Gasteiger partial charge >= 0.3 is 0 Å². The quantitative estimate of drug-likeness (QED) is 0.686. The lowest BCUT2D eigenvalue weighted by Gasteiger charge is -2.13. The van der Waals surface area contributed by atoms with Gasteiger partial charge in [0, 0.05) is 35.9 Å². The normalized spacial score (nSPS) is 13.9. The number of aromatic hydroxyl groups is 1. The van der Waals surface area contributed by atoms with Gasteiger partial charge in [0.15, 0.2) is 23.1 Å². The second-order valence-corrected chi connectivity index (χ2v) is 6.60. The SMILES string of the molecule is COc1cccc(/C=C/c2nc3cc(F)c(F)cc3n2C2=NC=C(C#N)CC2)c1O. The van der Waals surface area contributed by atoms with Gasteiger partial charge in [-0.05, 0) is 24.6 Å². The Kier molecular flexibility index (Phi) is 5.02. The molecule has 1 N–H and O–H groups in total. The molecule has 0 bridgehead atoms. The van der Waals surface area contributed by atoms with Crippen LogP contribution in [0.2, 0.25) is 0 Å². The molecule has 1 aromatic heterocycles. The summed E-state index contributed by atoms with van der Waals surface area (Å²) in [4.78, 5) is 8.73. The van der Waals surface area contributed by atoms with Crippen molar-refractivity contribution >= 4 is 29.0 Å². The van der Waals surface area contributed by atoms with Gasteiger partial charge in [-0.3, -0.25) is 4.57 Å². The summed E-state index contributed by atoms with van der Waals surface area (Å²) in [6, 6.07) is 9.22. The number of hydrogen-bond acceptors (Lipinski definition) is 5. The predicted molar refractivity (Wildman–Crippen MR) is 109 cm³/mol. The molecule has 1 aliphatic rings. The molecule has 1 aliphatic heterocycles. The summed E-state index contributed by atoms with van der Waals surface area (Å²) >= 11 is 0. The van der Waals surface area contributed by atoms with E-state index < -0.39 is 11.6 Å². The van der Waals surface area contributed by atoms with E-state index in [1.54, 1.807) is 34.9 Å². The highest BCUT2D eigenvalue weighted by Gasteiger charge is 2.19. The molecule has 0 spiro atoms. The molecule has 8 heteroatoms. The summed E-state index contributed by atoms with van der Waals surface area (Å²) in [5.74, 6) is -0.769. The largest absolute Gasteiger partial charge is 0.504 e. The number of allylic oxidation sites excluding steroid dienone is 1. The maximum Gasteiger partial charge on any atom is 0.165 e. The topological polar surface area (TPSA) is 83.4 Å². The van der Waals surface area contributed by atoms with Crippen LogP contribution in [-0.4, -0.2) is 27.6 Å². The second-order valence-electron chi connectivity index (χ2n) is 6.60. The number of imidazole rings is 1. The van der Waals surface area contributed by atoms with Crippen molar-refractivity contribution in [3.05, 3.63) is 65.1 Å². The van der Waals surface area contributed by atoms with Crippen molar-refractivity contribution in [3.8, 4) is 17.6 Å². The number of aliphatic imine (C=N–C) groups is 1. The fourth-order valence-electron chi connectivity index (χ4n) is 3.26. The van der Waals surface area contributed by atoms with E-state index in [1.807, 2.05) is 0 Å². The van der Waals surface area contributed by atoms with Crippen molar-refractivity contribution in [2.45, 2.75) is 12.8 Å². The van der Waals surface area contributed by atoms with Crippen LogP contribution >= 0.6 is 0 Å². The third kappa shape index (κ3) is 3.42. The van der Waals surface area contributed by atoms with Crippen molar-refractivity contribution in [3.63, 3.8) is 0 Å². The number of rotatable bonds is 3. The second kappa shape index (κ2) is 7.79. The fourth-order valence-corrected chi connectivity index (χ4v) is 3.26. The maximum absolute atomic E-state index is 13.9. The molecular weight excluding hydrogens is 390 g/mol. The zero-order valence-electron chi connectivity index (χ0n) is 15.9. The Morgan fingerprint density at radius 1 is 1.20 bits per heavy atom. The van der Waals surface area contributed by atoms with E-state index >= 15 is 0 Å². The Bertz CT molecular complexity index is 1280. The van der Waals surface area contributed by atoms with Crippen molar-refractivity contribution in [2.24, 2.45) is 4.99 Å². The van der Waals surface area contributed by atoms with Crippen molar-refractivity contribution in [2.75, 3.05) is 7.11 Å². The molecule has 0 radical (unpaired) electrons. The van der Waals surface area contributed by atoms with E-state index in [4.69, 9.17) is 10.00 Å². The lowest BCUT2D eigenvalue weighted by molar-refractivity contribution is 0.373. The third-order valence-electron chi connectivity index (χ3n) is 4.77. The van der Waals surface area contributed by atoms with Crippen LogP contribution < -0.4 is 4.74 Å². The number of ether oxygens (including phenoxy) is 1. The lowest BCUT2D eigenvalue weighted by atomic mass is 10.1. The molecular formula is C22H16F2N4O2. The highest BCUT2D eigenvalue weighted by molar-refractivity contribution is 5.97. The van der Waals surface area contributed by atoms with Crippen LogP contribution in [0, 0.1) is 23.0 Å². The number of benzene rings is 2. The highest BCUT2D eigenvalue weighted by Crippen LogP contribution is 2.31. The van der Waals surface area contributed by atoms with Gasteiger partial charge in [-0.15, -0.1) is 0 Å². The Hall–Kier alpha value is -3.99. The first-order valence-corrected chi connectivity index (χ1v) is 9.09. The number of para-hydroxylation sites is 1. The van der Waals surface area contributed by atoms with Crippen LogP contribution in [0.1, 0.15) is 24.2 Å². The number of phenolic OH excluding ortho intramolecular Hbond substituents is 1. The fraction of sp³-hybridized carbons (Fsp3) is 0.136. The minimum Gasteiger partial charge on any atom is -0.504 e. The molecule has 150 valence electrons. The number of nitriles is 1. The van der Waals surface area contributed by atoms with Gasteiger partial charge in [0.2, 0.25) is 0 Å². The van der Waals surface area contributed by atoms with E-state index in [2.05, 4.69) is 16.0 Å². The standard InChI is InChI=1S/C22H16F2N4O2/c1-30-19-4-2-3-14(22(19)29)6-8-21-27-17-9-15(23)16(24)10-18(17)28(21)20-7-5-13(11-25)12-26-20/h2-4,6,8-10,12,29H,5,7H2,1H3/b8-6+. The van der Waals surface area contributed by atoms with Gasteiger partial charge in [-0.2, -0.15) is 5.26 Å². The number of phenols is 1. The summed E-state index contributed by atoms with van der Waals surface area (Å²) in [6.45, 7) is 0. The van der Waals surface area contributed by atoms with Crippen LogP contribution in [0.3, 0.4) is 0 Å². The number of nitrogens with zero attached hydrogens (tertiary/aromatic N) is 4. The maximum atomic E-state index is 13.9. The monoisotopic (exact) mass is 406 g/mol. The Labute approximate surface area is 170 Å². The van der Waals surface area contributed by atoms with Crippen molar-refractivity contribution in [1.82, 2.24) is 9.55 Å². The zero-order chi connectivity index (χ0) is 21.3. The van der Waals surface area contributed by atoms with Crippen LogP contribution in [0.25, 0.3) is 23.2 Å². The predicted octanol–water partition coefficient (Wildman–Crippen LogP) is 4.65. The molecule has 3 aromatic rings. The Morgan fingerprint density at radius 2 is 2.00 bits per heavy atom. The molecule has 6 nitrogen and oxygen atoms in total. The van der Waals surface area contributed by atoms with Gasteiger partial charge in [0.25, 0.3) is 0 Å². The first kappa shape index (κ1) is 19.3. The Balaban J connectivity index is 1.87. The molecule has 2 heterocycles. The summed E-state index contributed by atoms with van der Waals surface area (Å²) in [6.07, 6.45) is 5.64. The van der Waals surface area contributed by atoms with E-state index in [9.17, 15) is 13.9 Å². The molecule has 30 heavy (non-hydrogen) atoms. The van der Waals surface area contributed by atoms with Gasteiger partial charge < -0.3 is 9.84 Å². The van der Waals surface area contributed by atoms with Gasteiger partial charge in [-0.25, -0.2) is 18.8 Å². The summed E-state index contributed by atoms with van der Waals surface area (Å²) in [7, 11) is 1.45. The lowest BCUT2D eigenvalue weighted by Crippen LogP contribution is -2.15. The van der Waals surface area contributed by atoms with Gasteiger partial charge in [-0.1, -0.05) is 12.1 Å². The highest BCUT2D eigenvalue weighted by atomic mass is 19.2. The first-order chi connectivity index (χ1) is 14.5. The van der Waals surface area contributed by atoms with E-state index in [0.29, 0.717) is 46.9 Å². The van der Waals surface area contributed by atoms with Crippen LogP contribution in [0.4, 0.5) is 8.78 Å². The minimum atomic E-state index is -0.995. The molecule has 0 atom stereocenters. The zero-order valence-corrected chi connectivity index (χ0v) is 15.9. The molecule has 2 aromatic carbocycles. The molecule has 0 saturated carbocycles. The van der Waals surface area contributed by atoms with Gasteiger partial charge in [0.1, 0.15) is 11.7 Å². The number of hydrogen-bond donors (Lipinski definition) is 1. The number of fused-ring (bicyclic) bond motifs is 1. The number of halogens is 2. The molecule has 0 saturated heterocycles. The first-order valence-electron chi connectivity index (χ1n) is 9.09. The van der Waals surface area contributed by atoms with Crippen molar-refractivity contribution in [1.29, 1.82) is 5.26 Å². The molecule has 4 rings (SSSR count). The van der Waals surface area contributed by atoms with E-state index in [0.717, 1.165) is 12.1 Å². The molecule has 0 aliphatic carbocycles. The van der Waals surface area contributed by atoms with Crippen LogP contribution in [-0.2, 0) is 0 Å². The third-order valence-corrected chi connectivity index (χ3v) is 4.77. The minimum absolute atomic E-state index is 0.0346. The summed E-state index contributed by atoms with van der Waals surface area (Å²) in [5, 5.41) is 19.3. The average Bonchev–Trinajstić information content (AvgIpc) is 3.10. The summed E-state index contributed by atoms with van der Waals surface area (Å²) in [5.41, 5.74) is 1.65. The molecule has 0 amide bonds. The van der Waals surface area contributed by atoms with E-state index in [-0.39, 0.29) is 11.3 Å². The number of aromatic nitrogens is 2. The average molecular weight is 406 g/mol. The van der Waals surface area contributed by atoms with Gasteiger partial charge in [0.05, 0.1) is 24.2 Å². The van der Waals surface area contributed by atoms with E-state index in [1.165, 1.54) is 13.3 Å². The smallest absolute Gasteiger partial charge is 0.165 e. The van der Waals surface area contributed by atoms with Crippen molar-refractivity contribution < 1.29 is 18.6 Å². The van der Waals surface area contributed by atoms with Crippen LogP contribution in [0.15, 0.2) is 47.1 Å². The van der Waals surface area contributed by atoms with Crippen LogP contribution in [0.5, 0.6) is 11.5 Å². The molecule has 0 unspecified atom stereocenters. The number of methoxy groups -OCH3 is 1. The summed E-state index contributed by atoms with van der Waals surface area (Å²) < 4.78 is 34.4. The molecule has 0 fully saturated rings.